The molecule has 6 nitrogen and oxygen atoms in total. The highest BCUT2D eigenvalue weighted by atomic mass is 32.2. The molecule has 2 aromatic carbocycles. The van der Waals surface area contributed by atoms with Crippen LogP contribution >= 0.6 is 0 Å². The van der Waals surface area contributed by atoms with E-state index >= 15 is 0 Å². The summed E-state index contributed by atoms with van der Waals surface area (Å²) in [5, 5.41) is 0. The zero-order valence-electron chi connectivity index (χ0n) is 14.4. The number of benzene rings is 2. The largest absolute Gasteiger partial charge is 0.312 e. The smallest absolute Gasteiger partial charge is 0.261 e. The molecule has 0 aliphatic carbocycles. The highest BCUT2D eigenvalue weighted by Crippen LogP contribution is 2.24. The van der Waals surface area contributed by atoms with E-state index < -0.39 is 10.0 Å². The van der Waals surface area contributed by atoms with Gasteiger partial charge in [0.1, 0.15) is 0 Å². The SMILES string of the molecule is CC(=O)c1cccc(NS(=O)(=O)c2ccc(N3CCCCC3=O)cc2)c1. The van der Waals surface area contributed by atoms with Crippen LogP contribution in [0.4, 0.5) is 11.4 Å². The molecule has 7 heteroatoms. The molecule has 2 aromatic rings. The van der Waals surface area contributed by atoms with Crippen LogP contribution in [0.15, 0.2) is 53.4 Å². The quantitative estimate of drug-likeness (QED) is 0.817. The summed E-state index contributed by atoms with van der Waals surface area (Å²) in [4.78, 5) is 25.2. The summed E-state index contributed by atoms with van der Waals surface area (Å²) in [5.74, 6) is -0.0763. The molecular weight excluding hydrogens is 352 g/mol. The molecule has 136 valence electrons. The minimum Gasteiger partial charge on any atom is -0.312 e. The Morgan fingerprint density at radius 3 is 2.46 bits per heavy atom. The molecule has 1 aliphatic rings. The van der Waals surface area contributed by atoms with E-state index in [-0.39, 0.29) is 16.6 Å². The summed E-state index contributed by atoms with van der Waals surface area (Å²) in [6, 6.07) is 12.6. The summed E-state index contributed by atoms with van der Waals surface area (Å²) in [6.45, 7) is 2.08. The van der Waals surface area contributed by atoms with Crippen molar-refractivity contribution in [3.63, 3.8) is 0 Å². The van der Waals surface area contributed by atoms with Gasteiger partial charge in [0, 0.05) is 29.9 Å². The van der Waals surface area contributed by atoms with E-state index in [1.54, 1.807) is 35.2 Å². The summed E-state index contributed by atoms with van der Waals surface area (Å²) < 4.78 is 27.6. The van der Waals surface area contributed by atoms with Gasteiger partial charge in [-0.15, -0.1) is 0 Å². The molecule has 0 unspecified atom stereocenters. The number of carbonyl (C=O) groups is 2. The van der Waals surface area contributed by atoms with Crippen LogP contribution in [0, 0.1) is 0 Å². The highest BCUT2D eigenvalue weighted by molar-refractivity contribution is 7.92. The third-order valence-electron chi connectivity index (χ3n) is 4.30. The first kappa shape index (κ1) is 18.1. The molecule has 0 aromatic heterocycles. The zero-order chi connectivity index (χ0) is 18.7. The normalized spacial score (nSPS) is 15.0. The minimum atomic E-state index is -3.78. The first-order valence-corrected chi connectivity index (χ1v) is 9.89. The van der Waals surface area contributed by atoms with Crippen molar-refractivity contribution in [3.05, 3.63) is 54.1 Å². The fraction of sp³-hybridized carbons (Fsp3) is 0.263. The summed E-state index contributed by atoms with van der Waals surface area (Å²) in [6.07, 6.45) is 2.36. The maximum atomic E-state index is 12.6. The third-order valence-corrected chi connectivity index (χ3v) is 5.70. The Labute approximate surface area is 152 Å². The Balaban J connectivity index is 1.80. The predicted octanol–water partition coefficient (Wildman–Crippen LogP) is 3.21. The van der Waals surface area contributed by atoms with Gasteiger partial charge in [0.2, 0.25) is 5.91 Å². The van der Waals surface area contributed by atoms with Crippen molar-refractivity contribution in [1.29, 1.82) is 0 Å². The third kappa shape index (κ3) is 3.94. The Hall–Kier alpha value is -2.67. The number of anilines is 2. The number of carbonyl (C=O) groups excluding carboxylic acids is 2. The van der Waals surface area contributed by atoms with E-state index in [2.05, 4.69) is 4.72 Å². The maximum Gasteiger partial charge on any atom is 0.261 e. The summed E-state index contributed by atoms with van der Waals surface area (Å²) >= 11 is 0. The molecule has 0 saturated carbocycles. The molecule has 0 bridgehead atoms. The lowest BCUT2D eigenvalue weighted by Crippen LogP contribution is -2.35. The van der Waals surface area contributed by atoms with Gasteiger partial charge in [-0.25, -0.2) is 8.42 Å². The average molecular weight is 372 g/mol. The van der Waals surface area contributed by atoms with Crippen molar-refractivity contribution in [2.45, 2.75) is 31.1 Å². The van der Waals surface area contributed by atoms with Gasteiger partial charge < -0.3 is 4.90 Å². The van der Waals surface area contributed by atoms with E-state index in [0.29, 0.717) is 29.9 Å². The monoisotopic (exact) mass is 372 g/mol. The Kier molecular flexibility index (Phi) is 5.08. The molecule has 1 fully saturated rings. The fourth-order valence-electron chi connectivity index (χ4n) is 2.90. The van der Waals surface area contributed by atoms with Gasteiger partial charge in [-0.05, 0) is 56.2 Å². The second-order valence-electron chi connectivity index (χ2n) is 6.24. The van der Waals surface area contributed by atoms with Crippen LogP contribution in [-0.4, -0.2) is 26.7 Å². The van der Waals surface area contributed by atoms with E-state index in [1.165, 1.54) is 25.1 Å². The molecule has 0 radical (unpaired) electrons. The number of ketones is 1. The number of nitrogens with zero attached hydrogens (tertiary/aromatic N) is 1. The van der Waals surface area contributed by atoms with Crippen molar-refractivity contribution in [3.8, 4) is 0 Å². The van der Waals surface area contributed by atoms with Crippen LogP contribution in [-0.2, 0) is 14.8 Å². The van der Waals surface area contributed by atoms with Gasteiger partial charge in [-0.3, -0.25) is 14.3 Å². The number of sulfonamides is 1. The van der Waals surface area contributed by atoms with Gasteiger partial charge in [0.05, 0.1) is 4.90 Å². The second-order valence-corrected chi connectivity index (χ2v) is 7.92. The fourth-order valence-corrected chi connectivity index (χ4v) is 3.95. The first-order chi connectivity index (χ1) is 12.4. The van der Waals surface area contributed by atoms with Gasteiger partial charge in [-0.2, -0.15) is 0 Å². The lowest BCUT2D eigenvalue weighted by molar-refractivity contribution is -0.119. The van der Waals surface area contributed by atoms with Crippen molar-refractivity contribution in [2.24, 2.45) is 0 Å². The molecule has 1 heterocycles. The molecule has 1 saturated heterocycles. The summed E-state index contributed by atoms with van der Waals surface area (Å²) in [5.41, 5.74) is 1.46. The van der Waals surface area contributed by atoms with Crippen molar-refractivity contribution >= 4 is 33.1 Å². The topological polar surface area (TPSA) is 83.6 Å². The standard InChI is InChI=1S/C19H20N2O4S/c1-14(22)15-5-4-6-16(13-15)20-26(24,25)18-10-8-17(9-11-18)21-12-3-2-7-19(21)23/h4-6,8-11,13,20H,2-3,7,12H2,1H3. The lowest BCUT2D eigenvalue weighted by atomic mass is 10.1. The van der Waals surface area contributed by atoms with Gasteiger partial charge in [0.25, 0.3) is 10.0 Å². The molecule has 0 atom stereocenters. The molecule has 1 aliphatic heterocycles. The average Bonchev–Trinajstić information content (AvgIpc) is 2.62. The molecule has 3 rings (SSSR count). The molecular formula is C19H20N2O4S. The molecule has 26 heavy (non-hydrogen) atoms. The van der Waals surface area contributed by atoms with E-state index in [9.17, 15) is 18.0 Å². The number of Topliss-reactive ketones (excluding diaryl/α,β-unsaturated/α-hetero) is 1. The zero-order valence-corrected chi connectivity index (χ0v) is 15.3. The van der Waals surface area contributed by atoms with Gasteiger partial charge >= 0.3 is 0 Å². The van der Waals surface area contributed by atoms with Crippen molar-refractivity contribution < 1.29 is 18.0 Å². The molecule has 0 spiro atoms. The van der Waals surface area contributed by atoms with Crippen LogP contribution in [0.25, 0.3) is 0 Å². The van der Waals surface area contributed by atoms with E-state index in [0.717, 1.165) is 12.8 Å². The Morgan fingerprint density at radius 1 is 1.08 bits per heavy atom. The van der Waals surface area contributed by atoms with Crippen molar-refractivity contribution in [1.82, 2.24) is 0 Å². The van der Waals surface area contributed by atoms with Gasteiger partial charge in [0.15, 0.2) is 5.78 Å². The number of rotatable bonds is 5. The maximum absolute atomic E-state index is 12.6. The predicted molar refractivity (Wildman–Crippen MR) is 99.9 cm³/mol. The number of amides is 1. The number of hydrogen-bond acceptors (Lipinski definition) is 4. The van der Waals surface area contributed by atoms with Crippen molar-refractivity contribution in [2.75, 3.05) is 16.2 Å². The van der Waals surface area contributed by atoms with Crippen LogP contribution in [0.1, 0.15) is 36.5 Å². The number of piperidine rings is 1. The molecule has 1 N–H and O–H groups in total. The lowest BCUT2D eigenvalue weighted by Gasteiger charge is -2.26. The minimum absolute atomic E-state index is 0.0611. The van der Waals surface area contributed by atoms with E-state index in [4.69, 9.17) is 0 Å². The van der Waals surface area contributed by atoms with Gasteiger partial charge in [-0.1, -0.05) is 12.1 Å². The first-order valence-electron chi connectivity index (χ1n) is 8.41. The molecule has 1 amide bonds. The van der Waals surface area contributed by atoms with E-state index in [1.807, 2.05) is 0 Å². The van der Waals surface area contributed by atoms with Crippen LogP contribution in [0.2, 0.25) is 0 Å². The Morgan fingerprint density at radius 2 is 1.81 bits per heavy atom. The Bertz CT molecular complexity index is 936. The number of nitrogens with one attached hydrogen (secondary N) is 1. The van der Waals surface area contributed by atoms with Crippen LogP contribution in [0.5, 0.6) is 0 Å². The van der Waals surface area contributed by atoms with Crippen LogP contribution < -0.4 is 9.62 Å². The number of hydrogen-bond donors (Lipinski definition) is 1. The highest BCUT2D eigenvalue weighted by Gasteiger charge is 2.21. The van der Waals surface area contributed by atoms with Crippen LogP contribution in [0.3, 0.4) is 0 Å². The summed E-state index contributed by atoms with van der Waals surface area (Å²) in [7, 11) is -3.78. The second kappa shape index (κ2) is 7.29.